The van der Waals surface area contributed by atoms with Gasteiger partial charge in [-0.2, -0.15) is 0 Å². The third kappa shape index (κ3) is 2.58. The highest BCUT2D eigenvalue weighted by molar-refractivity contribution is 7.09. The lowest BCUT2D eigenvalue weighted by Crippen LogP contribution is -2.31. The minimum atomic E-state index is -0.0848. The zero-order valence-electron chi connectivity index (χ0n) is 13.2. The zero-order valence-corrected chi connectivity index (χ0v) is 14.8. The van der Waals surface area contributed by atoms with Crippen LogP contribution in [0.3, 0.4) is 0 Å². The van der Waals surface area contributed by atoms with Crippen LogP contribution in [0.15, 0.2) is 35.7 Å². The molecule has 1 aromatic carbocycles. The van der Waals surface area contributed by atoms with Gasteiger partial charge in [0.25, 0.3) is 5.91 Å². The third-order valence-corrected chi connectivity index (χ3v) is 5.55. The quantitative estimate of drug-likeness (QED) is 0.746. The number of hydrogen-bond acceptors (Lipinski definition) is 3. The number of rotatable bonds is 4. The van der Waals surface area contributed by atoms with Gasteiger partial charge in [-0.05, 0) is 36.1 Å². The molecular weight excluding hydrogens is 344 g/mol. The van der Waals surface area contributed by atoms with Gasteiger partial charge in [-0.3, -0.25) is 4.79 Å². The van der Waals surface area contributed by atoms with Gasteiger partial charge in [-0.15, -0.1) is 11.3 Å². The minimum Gasteiger partial charge on any atom is -0.486 e. The van der Waals surface area contributed by atoms with Gasteiger partial charge < -0.3 is 14.6 Å². The van der Waals surface area contributed by atoms with E-state index in [2.05, 4.69) is 12.2 Å². The highest BCUT2D eigenvalue weighted by Gasteiger charge is 2.26. The van der Waals surface area contributed by atoms with E-state index in [1.54, 1.807) is 11.3 Å². The molecule has 1 amide bonds. The van der Waals surface area contributed by atoms with Gasteiger partial charge >= 0.3 is 0 Å². The Morgan fingerprint density at radius 1 is 1.46 bits per heavy atom. The van der Waals surface area contributed by atoms with Gasteiger partial charge in [0.15, 0.2) is 0 Å². The molecule has 0 unspecified atom stereocenters. The molecule has 0 saturated heterocycles. The molecule has 0 saturated carbocycles. The summed E-state index contributed by atoms with van der Waals surface area (Å²) in [4.78, 5) is 13.9. The summed E-state index contributed by atoms with van der Waals surface area (Å²) >= 11 is 7.96. The summed E-state index contributed by atoms with van der Waals surface area (Å²) in [5.41, 5.74) is 1.55. The fourth-order valence-corrected chi connectivity index (χ4v) is 3.94. The van der Waals surface area contributed by atoms with Crippen LogP contribution in [-0.2, 0) is 13.1 Å². The molecule has 124 valence electrons. The Kier molecular flexibility index (Phi) is 3.98. The second kappa shape index (κ2) is 6.15. The monoisotopic (exact) mass is 360 g/mol. The number of nitrogens with one attached hydrogen (secondary N) is 1. The SMILES string of the molecule is CC[C@H]1Cn2c(C(=O)NCc3cccs3)cc3c(Cl)ccc(c32)O1. The molecule has 1 aliphatic rings. The lowest BCUT2D eigenvalue weighted by atomic mass is 10.2. The maximum absolute atomic E-state index is 12.7. The number of carbonyl (C=O) groups is 1. The van der Waals surface area contributed by atoms with Crippen molar-refractivity contribution in [3.8, 4) is 5.75 Å². The number of carbonyl (C=O) groups excluding carboxylic acids is 1. The molecule has 0 radical (unpaired) electrons. The van der Waals surface area contributed by atoms with Crippen LogP contribution in [0.1, 0.15) is 28.7 Å². The molecule has 6 heteroatoms. The van der Waals surface area contributed by atoms with E-state index < -0.39 is 0 Å². The summed E-state index contributed by atoms with van der Waals surface area (Å²) < 4.78 is 8.05. The maximum Gasteiger partial charge on any atom is 0.268 e. The van der Waals surface area contributed by atoms with Crippen molar-refractivity contribution in [2.45, 2.75) is 32.5 Å². The smallest absolute Gasteiger partial charge is 0.268 e. The molecule has 1 aliphatic heterocycles. The van der Waals surface area contributed by atoms with Crippen LogP contribution in [-0.4, -0.2) is 16.6 Å². The first-order valence-electron chi connectivity index (χ1n) is 7.96. The molecule has 0 bridgehead atoms. The van der Waals surface area contributed by atoms with Crippen molar-refractivity contribution in [3.63, 3.8) is 0 Å². The van der Waals surface area contributed by atoms with E-state index in [1.165, 1.54) is 0 Å². The fourth-order valence-electron chi connectivity index (χ4n) is 3.09. The van der Waals surface area contributed by atoms with Gasteiger partial charge in [0.2, 0.25) is 0 Å². The Bertz CT molecular complexity index is 902. The predicted octanol–water partition coefficient (Wildman–Crippen LogP) is 4.46. The summed E-state index contributed by atoms with van der Waals surface area (Å²) in [6.07, 6.45) is 0.955. The molecule has 4 nitrogen and oxygen atoms in total. The van der Waals surface area contributed by atoms with Crippen LogP contribution in [0.4, 0.5) is 0 Å². The summed E-state index contributed by atoms with van der Waals surface area (Å²) in [7, 11) is 0. The van der Waals surface area contributed by atoms with Crippen LogP contribution >= 0.6 is 22.9 Å². The number of hydrogen-bond donors (Lipinski definition) is 1. The molecule has 3 heterocycles. The van der Waals surface area contributed by atoms with Gasteiger partial charge in [-0.25, -0.2) is 0 Å². The number of ether oxygens (including phenoxy) is 1. The molecule has 2 aromatic heterocycles. The third-order valence-electron chi connectivity index (χ3n) is 4.34. The summed E-state index contributed by atoms with van der Waals surface area (Å²) in [5.74, 6) is 0.711. The van der Waals surface area contributed by atoms with Crippen LogP contribution in [0, 0.1) is 0 Å². The molecule has 1 N–H and O–H groups in total. The molecule has 3 aromatic rings. The lowest BCUT2D eigenvalue weighted by molar-refractivity contribution is 0.0935. The van der Waals surface area contributed by atoms with E-state index in [-0.39, 0.29) is 12.0 Å². The Balaban J connectivity index is 1.72. The Hall–Kier alpha value is -1.98. The van der Waals surface area contributed by atoms with Crippen molar-refractivity contribution < 1.29 is 9.53 Å². The minimum absolute atomic E-state index is 0.0677. The molecule has 0 fully saturated rings. The summed E-state index contributed by atoms with van der Waals surface area (Å²) in [5, 5.41) is 6.51. The Morgan fingerprint density at radius 2 is 2.33 bits per heavy atom. The maximum atomic E-state index is 12.7. The van der Waals surface area contributed by atoms with Crippen LogP contribution < -0.4 is 10.1 Å². The van der Waals surface area contributed by atoms with Gasteiger partial charge in [0, 0.05) is 10.3 Å². The second-order valence-electron chi connectivity index (χ2n) is 5.86. The van der Waals surface area contributed by atoms with Crippen molar-refractivity contribution in [1.82, 2.24) is 9.88 Å². The highest BCUT2D eigenvalue weighted by atomic mass is 35.5. The predicted molar refractivity (Wildman–Crippen MR) is 97.1 cm³/mol. The first kappa shape index (κ1) is 15.5. The number of benzene rings is 1. The molecule has 24 heavy (non-hydrogen) atoms. The van der Waals surface area contributed by atoms with Crippen molar-refractivity contribution in [1.29, 1.82) is 0 Å². The average Bonchev–Trinajstić information content (AvgIpc) is 3.24. The molecular formula is C18H17ClN2O2S. The van der Waals surface area contributed by atoms with E-state index in [0.29, 0.717) is 23.8 Å². The van der Waals surface area contributed by atoms with Crippen molar-refractivity contribution in [2.24, 2.45) is 0 Å². The van der Waals surface area contributed by atoms with Crippen LogP contribution in [0.25, 0.3) is 10.9 Å². The number of halogens is 1. The van der Waals surface area contributed by atoms with E-state index >= 15 is 0 Å². The van der Waals surface area contributed by atoms with Crippen LogP contribution in [0.5, 0.6) is 5.75 Å². The summed E-state index contributed by atoms with van der Waals surface area (Å²) in [6.45, 7) is 3.28. The van der Waals surface area contributed by atoms with Gasteiger partial charge in [0.05, 0.1) is 23.6 Å². The topological polar surface area (TPSA) is 43.3 Å². The number of nitrogens with zero attached hydrogens (tertiary/aromatic N) is 1. The molecule has 0 spiro atoms. The molecule has 4 rings (SSSR count). The Labute approximate surface area is 149 Å². The van der Waals surface area contributed by atoms with E-state index in [0.717, 1.165) is 28.0 Å². The Morgan fingerprint density at radius 3 is 3.08 bits per heavy atom. The second-order valence-corrected chi connectivity index (χ2v) is 7.30. The number of thiophene rings is 1. The largest absolute Gasteiger partial charge is 0.486 e. The van der Waals surface area contributed by atoms with Crippen molar-refractivity contribution >= 4 is 39.7 Å². The lowest BCUT2D eigenvalue weighted by Gasteiger charge is -2.26. The van der Waals surface area contributed by atoms with E-state index in [9.17, 15) is 4.79 Å². The standard InChI is InChI=1S/C18H17ClN2O2S/c1-2-11-10-21-15(18(22)20-9-12-4-3-7-24-12)8-13-14(19)5-6-16(23-11)17(13)21/h3-8,11H,2,9-10H2,1H3,(H,20,22)/t11-/m0/s1. The normalized spacial score (nSPS) is 16.2. The van der Waals surface area contributed by atoms with Crippen molar-refractivity contribution in [2.75, 3.05) is 0 Å². The first-order valence-corrected chi connectivity index (χ1v) is 9.22. The molecule has 1 atom stereocenters. The average molecular weight is 361 g/mol. The molecule has 0 aliphatic carbocycles. The van der Waals surface area contributed by atoms with Crippen molar-refractivity contribution in [3.05, 3.63) is 51.3 Å². The first-order chi connectivity index (χ1) is 11.7. The number of aromatic nitrogens is 1. The zero-order chi connectivity index (χ0) is 16.7. The highest BCUT2D eigenvalue weighted by Crippen LogP contribution is 2.38. The number of amides is 1. The summed E-state index contributed by atoms with van der Waals surface area (Å²) in [6, 6.07) is 9.58. The van der Waals surface area contributed by atoms with Crippen LogP contribution in [0.2, 0.25) is 5.02 Å². The van der Waals surface area contributed by atoms with Gasteiger partial charge in [0.1, 0.15) is 17.5 Å². The van der Waals surface area contributed by atoms with E-state index in [1.807, 2.05) is 40.3 Å². The van der Waals surface area contributed by atoms with Gasteiger partial charge in [-0.1, -0.05) is 24.6 Å². The van der Waals surface area contributed by atoms with E-state index in [4.69, 9.17) is 16.3 Å². The fraction of sp³-hybridized carbons (Fsp3) is 0.278.